The molecule has 0 aromatic carbocycles. The van der Waals surface area contributed by atoms with Crippen LogP contribution in [0.3, 0.4) is 0 Å². The second-order valence-electron chi connectivity index (χ2n) is 5.18. The minimum absolute atomic E-state index is 0.656. The molecule has 0 bridgehead atoms. The zero-order valence-corrected chi connectivity index (χ0v) is 10.6. The molecule has 4 heteroatoms. The van der Waals surface area contributed by atoms with Crippen LogP contribution in [0.1, 0.15) is 42.9 Å². The summed E-state index contributed by atoms with van der Waals surface area (Å²) in [6.07, 6.45) is 3.60. The van der Waals surface area contributed by atoms with Crippen LogP contribution in [0.2, 0.25) is 0 Å². The van der Waals surface area contributed by atoms with Crippen LogP contribution in [0.25, 0.3) is 0 Å². The van der Waals surface area contributed by atoms with E-state index in [1.54, 1.807) is 0 Å². The van der Waals surface area contributed by atoms with Gasteiger partial charge in [0.2, 0.25) is 0 Å². The number of piperidine rings is 1. The third-order valence-corrected chi connectivity index (χ3v) is 4.14. The van der Waals surface area contributed by atoms with Crippen LogP contribution < -0.4 is 5.32 Å². The van der Waals surface area contributed by atoms with Gasteiger partial charge < -0.3 is 15.2 Å². The number of aromatic nitrogens is 2. The van der Waals surface area contributed by atoms with E-state index >= 15 is 0 Å². The number of H-pyrrole nitrogens is 1. The van der Waals surface area contributed by atoms with Crippen LogP contribution >= 0.6 is 0 Å². The first-order valence-electron chi connectivity index (χ1n) is 6.87. The van der Waals surface area contributed by atoms with Crippen molar-refractivity contribution in [1.82, 2.24) is 20.2 Å². The number of rotatable bonds is 2. The molecule has 1 fully saturated rings. The Balaban J connectivity index is 1.70. The monoisotopic (exact) mass is 234 g/mol. The Morgan fingerprint density at radius 3 is 2.88 bits per heavy atom. The first-order chi connectivity index (χ1) is 8.36. The molecule has 2 aliphatic rings. The minimum Gasteiger partial charge on any atom is -0.344 e. The van der Waals surface area contributed by atoms with Gasteiger partial charge in [-0.25, -0.2) is 4.98 Å². The molecule has 94 valence electrons. The van der Waals surface area contributed by atoms with Crippen LogP contribution in [0.4, 0.5) is 0 Å². The van der Waals surface area contributed by atoms with Crippen LogP contribution in [0.5, 0.6) is 0 Å². The first kappa shape index (κ1) is 11.2. The molecular formula is C13H22N4. The minimum atomic E-state index is 0.656. The fourth-order valence-electron chi connectivity index (χ4n) is 2.96. The molecule has 0 spiro atoms. The van der Waals surface area contributed by atoms with E-state index in [9.17, 15) is 0 Å². The Morgan fingerprint density at radius 2 is 2.18 bits per heavy atom. The maximum Gasteiger partial charge on any atom is 0.109 e. The predicted molar refractivity (Wildman–Crippen MR) is 68.1 cm³/mol. The van der Waals surface area contributed by atoms with E-state index in [1.165, 1.54) is 49.7 Å². The lowest BCUT2D eigenvalue weighted by Gasteiger charge is -2.29. The van der Waals surface area contributed by atoms with Crippen LogP contribution in [-0.2, 0) is 13.0 Å². The van der Waals surface area contributed by atoms with E-state index in [4.69, 9.17) is 4.98 Å². The summed E-state index contributed by atoms with van der Waals surface area (Å²) >= 11 is 0. The summed E-state index contributed by atoms with van der Waals surface area (Å²) in [5, 5.41) is 3.39. The quantitative estimate of drug-likeness (QED) is 0.809. The molecule has 1 saturated heterocycles. The number of aromatic amines is 1. The van der Waals surface area contributed by atoms with Crippen molar-refractivity contribution in [2.75, 3.05) is 26.2 Å². The van der Waals surface area contributed by atoms with Gasteiger partial charge in [0.25, 0.3) is 0 Å². The molecule has 17 heavy (non-hydrogen) atoms. The number of hydrogen-bond acceptors (Lipinski definition) is 3. The lowest BCUT2D eigenvalue weighted by molar-refractivity contribution is 0.219. The highest BCUT2D eigenvalue weighted by Gasteiger charge is 2.24. The van der Waals surface area contributed by atoms with Gasteiger partial charge in [-0.2, -0.15) is 0 Å². The predicted octanol–water partition coefficient (Wildman–Crippen LogP) is 1.25. The molecule has 4 nitrogen and oxygen atoms in total. The smallest absolute Gasteiger partial charge is 0.109 e. The molecule has 0 radical (unpaired) electrons. The Hall–Kier alpha value is -0.870. The summed E-state index contributed by atoms with van der Waals surface area (Å²) < 4.78 is 0. The van der Waals surface area contributed by atoms with Crippen molar-refractivity contribution in [3.63, 3.8) is 0 Å². The summed E-state index contributed by atoms with van der Waals surface area (Å²) in [5.74, 6) is 1.90. The highest BCUT2D eigenvalue weighted by atomic mass is 15.1. The number of likely N-dealkylation sites (tertiary alicyclic amines) is 1. The Bertz CT molecular complexity index is 353. The molecule has 0 atom stereocenters. The average Bonchev–Trinajstić information content (AvgIpc) is 2.82. The van der Waals surface area contributed by atoms with Gasteiger partial charge in [0.1, 0.15) is 5.82 Å². The number of nitrogens with one attached hydrogen (secondary N) is 2. The fourth-order valence-corrected chi connectivity index (χ4v) is 2.96. The molecule has 0 unspecified atom stereocenters. The Labute approximate surface area is 103 Å². The van der Waals surface area contributed by atoms with Gasteiger partial charge >= 0.3 is 0 Å². The standard InChI is InChI=1S/C13H22N4/c1-2-17-7-4-10(5-8-17)13-15-11-3-6-14-9-12(11)16-13/h10,14H,2-9H2,1H3,(H,15,16). The van der Waals surface area contributed by atoms with Crippen molar-refractivity contribution in [2.24, 2.45) is 0 Å². The molecule has 0 aliphatic carbocycles. The molecule has 2 N–H and O–H groups in total. The van der Waals surface area contributed by atoms with Crippen molar-refractivity contribution >= 4 is 0 Å². The summed E-state index contributed by atoms with van der Waals surface area (Å²) in [7, 11) is 0. The SMILES string of the molecule is CCN1CCC(c2nc3c([nH]2)CNCC3)CC1. The van der Waals surface area contributed by atoms with Gasteiger partial charge in [-0.3, -0.25) is 0 Å². The molecule has 0 amide bonds. The van der Waals surface area contributed by atoms with Gasteiger partial charge in [-0.05, 0) is 32.5 Å². The largest absolute Gasteiger partial charge is 0.344 e. The molecule has 3 rings (SSSR count). The maximum absolute atomic E-state index is 4.81. The molecular weight excluding hydrogens is 212 g/mol. The molecule has 1 aromatic rings. The van der Waals surface area contributed by atoms with Gasteiger partial charge in [-0.15, -0.1) is 0 Å². The lowest BCUT2D eigenvalue weighted by Crippen LogP contribution is -2.32. The summed E-state index contributed by atoms with van der Waals surface area (Å²) in [5.41, 5.74) is 2.63. The van der Waals surface area contributed by atoms with Crippen LogP contribution in [0, 0.1) is 0 Å². The zero-order valence-electron chi connectivity index (χ0n) is 10.6. The number of imidazole rings is 1. The van der Waals surface area contributed by atoms with E-state index in [0.717, 1.165) is 19.5 Å². The Morgan fingerprint density at radius 1 is 1.35 bits per heavy atom. The van der Waals surface area contributed by atoms with Crippen LogP contribution in [-0.4, -0.2) is 41.0 Å². The van der Waals surface area contributed by atoms with E-state index in [1.807, 2.05) is 0 Å². The van der Waals surface area contributed by atoms with E-state index in [-0.39, 0.29) is 0 Å². The summed E-state index contributed by atoms with van der Waals surface area (Å²) in [4.78, 5) is 10.9. The van der Waals surface area contributed by atoms with Gasteiger partial charge in [-0.1, -0.05) is 6.92 Å². The Kier molecular flexibility index (Phi) is 3.16. The molecule has 3 heterocycles. The normalized spacial score (nSPS) is 22.6. The maximum atomic E-state index is 4.81. The third-order valence-electron chi connectivity index (χ3n) is 4.14. The number of fused-ring (bicyclic) bond motifs is 1. The fraction of sp³-hybridized carbons (Fsp3) is 0.769. The molecule has 1 aromatic heterocycles. The van der Waals surface area contributed by atoms with Crippen molar-refractivity contribution in [3.8, 4) is 0 Å². The first-order valence-corrected chi connectivity index (χ1v) is 6.87. The van der Waals surface area contributed by atoms with Gasteiger partial charge in [0, 0.05) is 25.4 Å². The number of hydrogen-bond donors (Lipinski definition) is 2. The molecule has 0 saturated carbocycles. The van der Waals surface area contributed by atoms with Crippen molar-refractivity contribution in [2.45, 2.75) is 38.6 Å². The van der Waals surface area contributed by atoms with Crippen molar-refractivity contribution in [1.29, 1.82) is 0 Å². The van der Waals surface area contributed by atoms with Gasteiger partial charge in [0.05, 0.1) is 11.4 Å². The average molecular weight is 234 g/mol. The van der Waals surface area contributed by atoms with Crippen molar-refractivity contribution < 1.29 is 0 Å². The lowest BCUT2D eigenvalue weighted by atomic mass is 9.96. The highest BCUT2D eigenvalue weighted by molar-refractivity contribution is 5.19. The summed E-state index contributed by atoms with van der Waals surface area (Å²) in [6.45, 7) is 7.93. The molecule has 2 aliphatic heterocycles. The van der Waals surface area contributed by atoms with Crippen molar-refractivity contribution in [3.05, 3.63) is 17.2 Å². The summed E-state index contributed by atoms with van der Waals surface area (Å²) in [6, 6.07) is 0. The van der Waals surface area contributed by atoms with Crippen LogP contribution in [0.15, 0.2) is 0 Å². The van der Waals surface area contributed by atoms with E-state index in [0.29, 0.717) is 5.92 Å². The van der Waals surface area contributed by atoms with Gasteiger partial charge in [0.15, 0.2) is 0 Å². The second-order valence-corrected chi connectivity index (χ2v) is 5.18. The topological polar surface area (TPSA) is 44.0 Å². The zero-order chi connectivity index (χ0) is 11.7. The number of nitrogens with zero attached hydrogens (tertiary/aromatic N) is 2. The van der Waals surface area contributed by atoms with E-state index < -0.39 is 0 Å². The third kappa shape index (κ3) is 2.24. The highest BCUT2D eigenvalue weighted by Crippen LogP contribution is 2.27. The second kappa shape index (κ2) is 4.78. The van der Waals surface area contributed by atoms with E-state index in [2.05, 4.69) is 22.1 Å².